The normalized spacial score (nSPS) is 15.1. The molecule has 2 aromatic heterocycles. The predicted octanol–water partition coefficient (Wildman–Crippen LogP) is 3.59. The van der Waals surface area contributed by atoms with Crippen molar-refractivity contribution in [3.05, 3.63) is 57.0 Å². The monoisotopic (exact) mass is 443 g/mol. The van der Waals surface area contributed by atoms with Crippen LogP contribution in [0, 0.1) is 0 Å². The van der Waals surface area contributed by atoms with Gasteiger partial charge in [0.1, 0.15) is 10.5 Å². The van der Waals surface area contributed by atoms with Crippen LogP contribution in [0.25, 0.3) is 15.9 Å². The second kappa shape index (κ2) is 7.43. The van der Waals surface area contributed by atoms with Crippen molar-refractivity contribution in [3.8, 4) is 5.69 Å². The lowest BCUT2D eigenvalue weighted by Gasteiger charge is -2.27. The smallest absolute Gasteiger partial charge is 0.378 e. The van der Waals surface area contributed by atoms with Crippen molar-refractivity contribution < 1.29 is 22.7 Å². The first kappa shape index (κ1) is 19.9. The molecular formula is C18H13ClF3N3O3S. The van der Waals surface area contributed by atoms with Crippen LogP contribution in [0.1, 0.15) is 16.1 Å². The molecule has 11 heteroatoms. The summed E-state index contributed by atoms with van der Waals surface area (Å²) < 4.78 is 45.1. The third-order valence-corrected chi connectivity index (χ3v) is 5.83. The van der Waals surface area contributed by atoms with Gasteiger partial charge in [0.15, 0.2) is 0 Å². The number of morpholine rings is 1. The Bertz CT molecular complexity index is 1150. The highest BCUT2D eigenvalue weighted by molar-refractivity contribution is 7.13. The minimum atomic E-state index is -4.61. The van der Waals surface area contributed by atoms with Gasteiger partial charge in [-0.2, -0.15) is 13.2 Å². The molecule has 0 radical (unpaired) electrons. The highest BCUT2D eigenvalue weighted by atomic mass is 35.5. The quantitative estimate of drug-likeness (QED) is 0.607. The van der Waals surface area contributed by atoms with E-state index in [9.17, 15) is 22.8 Å². The topological polar surface area (TPSA) is 64.4 Å². The van der Waals surface area contributed by atoms with Gasteiger partial charge in [0.25, 0.3) is 11.5 Å². The highest BCUT2D eigenvalue weighted by Crippen LogP contribution is 2.30. The summed E-state index contributed by atoms with van der Waals surface area (Å²) in [5.41, 5.74) is -1.05. The van der Waals surface area contributed by atoms with Gasteiger partial charge in [0, 0.05) is 13.1 Å². The zero-order valence-corrected chi connectivity index (χ0v) is 16.3. The van der Waals surface area contributed by atoms with Crippen molar-refractivity contribution in [2.45, 2.75) is 6.18 Å². The third kappa shape index (κ3) is 3.75. The van der Waals surface area contributed by atoms with Crippen LogP contribution < -0.4 is 5.56 Å². The van der Waals surface area contributed by atoms with E-state index in [-0.39, 0.29) is 26.7 Å². The van der Waals surface area contributed by atoms with Gasteiger partial charge in [-0.05, 0) is 41.9 Å². The number of hydrogen-bond acceptors (Lipinski definition) is 5. The molecule has 29 heavy (non-hydrogen) atoms. The van der Waals surface area contributed by atoms with Crippen molar-refractivity contribution in [2.75, 3.05) is 26.3 Å². The number of pyridine rings is 1. The van der Waals surface area contributed by atoms with Gasteiger partial charge in [0.05, 0.1) is 34.9 Å². The Labute approximate surface area is 171 Å². The summed E-state index contributed by atoms with van der Waals surface area (Å²) in [5.74, 6) is -0.299. The highest BCUT2D eigenvalue weighted by Gasteiger charge is 2.33. The van der Waals surface area contributed by atoms with Crippen molar-refractivity contribution in [1.29, 1.82) is 0 Å². The number of hydrogen-bond donors (Lipinski definition) is 0. The third-order valence-electron chi connectivity index (χ3n) is 4.46. The Morgan fingerprint density at radius 1 is 1.17 bits per heavy atom. The molecule has 1 fully saturated rings. The van der Waals surface area contributed by atoms with Gasteiger partial charge in [-0.25, -0.2) is 8.94 Å². The summed E-state index contributed by atoms with van der Waals surface area (Å²) in [7, 11) is 0. The molecule has 0 aliphatic carbocycles. The predicted molar refractivity (Wildman–Crippen MR) is 102 cm³/mol. The van der Waals surface area contributed by atoms with Crippen molar-refractivity contribution >= 4 is 39.3 Å². The van der Waals surface area contributed by atoms with Crippen LogP contribution in [0.15, 0.2) is 35.1 Å². The van der Waals surface area contributed by atoms with E-state index in [2.05, 4.69) is 4.98 Å². The molecule has 3 heterocycles. The fourth-order valence-corrected chi connectivity index (χ4v) is 4.14. The average Bonchev–Trinajstić information content (AvgIpc) is 3.04. The first-order valence-electron chi connectivity index (χ1n) is 8.53. The maximum absolute atomic E-state index is 12.9. The van der Waals surface area contributed by atoms with Crippen LogP contribution in [0.4, 0.5) is 13.2 Å². The van der Waals surface area contributed by atoms with Gasteiger partial charge in [-0.15, -0.1) is 0 Å². The fourth-order valence-electron chi connectivity index (χ4n) is 2.98. The Kier molecular flexibility index (Phi) is 5.09. The second-order valence-corrected chi connectivity index (χ2v) is 7.65. The van der Waals surface area contributed by atoms with E-state index in [0.29, 0.717) is 32.0 Å². The molecule has 1 aliphatic heterocycles. The molecule has 0 atom stereocenters. The summed E-state index contributed by atoms with van der Waals surface area (Å²) in [6.07, 6.45) is -4.61. The zero-order chi connectivity index (χ0) is 20.8. The lowest BCUT2D eigenvalue weighted by atomic mass is 10.1. The fraction of sp³-hybridized carbons (Fsp3) is 0.278. The SMILES string of the molecule is O=C(c1cc(-n2sc3nc(C(F)(F)F)ccc3c2=O)ccc1Cl)N1CCOCC1. The van der Waals surface area contributed by atoms with E-state index in [1.54, 1.807) is 4.90 Å². The molecule has 1 amide bonds. The molecular weight excluding hydrogens is 431 g/mol. The zero-order valence-electron chi connectivity index (χ0n) is 14.7. The lowest BCUT2D eigenvalue weighted by molar-refractivity contribution is -0.140. The number of ether oxygens (including phenoxy) is 1. The average molecular weight is 444 g/mol. The molecule has 1 aliphatic rings. The Morgan fingerprint density at radius 3 is 2.59 bits per heavy atom. The molecule has 0 bridgehead atoms. The van der Waals surface area contributed by atoms with E-state index in [0.717, 1.165) is 23.7 Å². The number of aromatic nitrogens is 2. The summed E-state index contributed by atoms with van der Waals surface area (Å²) in [5, 5.41) is 0.288. The van der Waals surface area contributed by atoms with Crippen molar-refractivity contribution in [3.63, 3.8) is 0 Å². The molecule has 0 unspecified atom stereocenters. The molecule has 152 valence electrons. The van der Waals surface area contributed by atoms with Gasteiger partial charge in [0.2, 0.25) is 0 Å². The number of amides is 1. The van der Waals surface area contributed by atoms with E-state index < -0.39 is 17.4 Å². The van der Waals surface area contributed by atoms with Gasteiger partial charge in [-0.1, -0.05) is 11.6 Å². The molecule has 3 aromatic rings. The Morgan fingerprint density at radius 2 is 1.90 bits per heavy atom. The number of alkyl halides is 3. The summed E-state index contributed by atoms with van der Waals surface area (Å²) in [4.78, 5) is 30.6. The largest absolute Gasteiger partial charge is 0.433 e. The number of rotatable bonds is 2. The number of fused-ring (bicyclic) bond motifs is 1. The van der Waals surface area contributed by atoms with Crippen LogP contribution >= 0.6 is 23.1 Å². The number of nitrogens with zero attached hydrogens (tertiary/aromatic N) is 3. The summed E-state index contributed by atoms with van der Waals surface area (Å²) >= 11 is 6.96. The van der Waals surface area contributed by atoms with Crippen LogP contribution in [0.3, 0.4) is 0 Å². The first-order valence-corrected chi connectivity index (χ1v) is 9.68. The standard InChI is InChI=1S/C18H13ClF3N3O3S/c19-13-3-1-10(9-12(13)16(26)24-5-7-28-8-6-24)25-17(27)11-2-4-14(18(20,21)22)23-15(11)29-25/h1-4,9H,5-8H2. The van der Waals surface area contributed by atoms with E-state index in [1.807, 2.05) is 0 Å². The maximum atomic E-state index is 12.9. The van der Waals surface area contributed by atoms with E-state index in [1.165, 1.54) is 22.2 Å². The molecule has 6 nitrogen and oxygen atoms in total. The molecule has 1 aromatic carbocycles. The first-order chi connectivity index (χ1) is 13.8. The van der Waals surface area contributed by atoms with Crippen LogP contribution in [-0.4, -0.2) is 46.1 Å². The number of halogens is 4. The van der Waals surface area contributed by atoms with Gasteiger partial charge in [-0.3, -0.25) is 9.59 Å². The Balaban J connectivity index is 1.77. The molecule has 0 saturated carbocycles. The molecule has 4 rings (SSSR count). The van der Waals surface area contributed by atoms with Gasteiger partial charge < -0.3 is 9.64 Å². The van der Waals surface area contributed by atoms with Crippen molar-refractivity contribution in [1.82, 2.24) is 13.8 Å². The van der Waals surface area contributed by atoms with Crippen LogP contribution in [0.2, 0.25) is 5.02 Å². The molecule has 0 spiro atoms. The Hall–Kier alpha value is -2.43. The lowest BCUT2D eigenvalue weighted by Crippen LogP contribution is -2.40. The van der Waals surface area contributed by atoms with Crippen LogP contribution in [0.5, 0.6) is 0 Å². The number of carbonyl (C=O) groups excluding carboxylic acids is 1. The summed E-state index contributed by atoms with van der Waals surface area (Å²) in [6, 6.07) is 6.35. The van der Waals surface area contributed by atoms with Gasteiger partial charge >= 0.3 is 6.18 Å². The van der Waals surface area contributed by atoms with Crippen molar-refractivity contribution in [2.24, 2.45) is 0 Å². The minimum Gasteiger partial charge on any atom is -0.378 e. The summed E-state index contributed by atoms with van der Waals surface area (Å²) in [6.45, 7) is 1.69. The van der Waals surface area contributed by atoms with Crippen LogP contribution in [-0.2, 0) is 10.9 Å². The minimum absolute atomic E-state index is 0.0409. The number of carbonyl (C=O) groups is 1. The maximum Gasteiger partial charge on any atom is 0.433 e. The van der Waals surface area contributed by atoms with E-state index in [4.69, 9.17) is 16.3 Å². The molecule has 0 N–H and O–H groups in total. The molecule has 1 saturated heterocycles. The van der Waals surface area contributed by atoms with E-state index >= 15 is 0 Å². The second-order valence-electron chi connectivity index (χ2n) is 6.31. The number of benzene rings is 1.